The molecule has 0 aliphatic carbocycles. The van der Waals surface area contributed by atoms with Gasteiger partial charge in [0.05, 0.1) is 0 Å². The molecule has 1 fully saturated rings. The SMILES string of the molecule is CC1CNCc2cccc(N3CCC(C(N)=O)CC3)c21. The molecule has 0 spiro atoms. The van der Waals surface area contributed by atoms with E-state index in [0.29, 0.717) is 5.92 Å². The highest BCUT2D eigenvalue weighted by molar-refractivity contribution is 5.77. The molecule has 1 unspecified atom stereocenters. The predicted octanol–water partition coefficient (Wildman–Crippen LogP) is 1.60. The number of benzene rings is 1. The number of nitrogens with one attached hydrogen (secondary N) is 1. The van der Waals surface area contributed by atoms with E-state index in [1.54, 1.807) is 0 Å². The average Bonchev–Trinajstić information content (AvgIpc) is 2.47. The third-order valence-corrected chi connectivity index (χ3v) is 4.67. The Morgan fingerprint density at radius 1 is 1.35 bits per heavy atom. The number of hydrogen-bond donors (Lipinski definition) is 2. The molecule has 0 saturated carbocycles. The van der Waals surface area contributed by atoms with E-state index in [1.807, 2.05) is 0 Å². The first-order valence-corrected chi connectivity index (χ1v) is 7.53. The Kier molecular flexibility index (Phi) is 3.66. The normalized spacial score (nSPS) is 23.4. The Bertz CT molecular complexity index is 506. The van der Waals surface area contributed by atoms with E-state index in [-0.39, 0.29) is 11.8 Å². The van der Waals surface area contributed by atoms with E-state index in [1.165, 1.54) is 16.8 Å². The number of carbonyl (C=O) groups is 1. The van der Waals surface area contributed by atoms with Crippen LogP contribution in [0.3, 0.4) is 0 Å². The molecule has 4 nitrogen and oxygen atoms in total. The molecule has 0 bridgehead atoms. The molecule has 4 heteroatoms. The maximum Gasteiger partial charge on any atom is 0.220 e. The average molecular weight is 273 g/mol. The van der Waals surface area contributed by atoms with Gasteiger partial charge in [0.15, 0.2) is 0 Å². The Labute approximate surface area is 120 Å². The van der Waals surface area contributed by atoms with Crippen molar-refractivity contribution in [3.63, 3.8) is 0 Å². The fourth-order valence-corrected chi connectivity index (χ4v) is 3.53. The molecule has 3 N–H and O–H groups in total. The van der Waals surface area contributed by atoms with E-state index in [0.717, 1.165) is 39.0 Å². The van der Waals surface area contributed by atoms with Gasteiger partial charge >= 0.3 is 0 Å². The Balaban J connectivity index is 1.83. The Morgan fingerprint density at radius 3 is 2.80 bits per heavy atom. The lowest BCUT2D eigenvalue weighted by Crippen LogP contribution is -2.39. The quantitative estimate of drug-likeness (QED) is 0.860. The van der Waals surface area contributed by atoms with Crippen LogP contribution in [0.1, 0.15) is 36.8 Å². The molecule has 1 aromatic rings. The van der Waals surface area contributed by atoms with Gasteiger partial charge in [-0.05, 0) is 36.0 Å². The van der Waals surface area contributed by atoms with E-state index < -0.39 is 0 Å². The van der Waals surface area contributed by atoms with Gasteiger partial charge in [0.1, 0.15) is 0 Å². The van der Waals surface area contributed by atoms with Crippen molar-refractivity contribution in [2.24, 2.45) is 11.7 Å². The molecule has 108 valence electrons. The summed E-state index contributed by atoms with van der Waals surface area (Å²) in [6.07, 6.45) is 1.76. The second-order valence-electron chi connectivity index (χ2n) is 6.05. The van der Waals surface area contributed by atoms with Crippen molar-refractivity contribution in [3.8, 4) is 0 Å². The highest BCUT2D eigenvalue weighted by Gasteiger charge is 2.27. The molecule has 0 aromatic heterocycles. The second-order valence-corrected chi connectivity index (χ2v) is 6.05. The van der Waals surface area contributed by atoms with E-state index >= 15 is 0 Å². The molecule has 1 aromatic carbocycles. The van der Waals surface area contributed by atoms with Gasteiger partial charge in [0.2, 0.25) is 5.91 Å². The topological polar surface area (TPSA) is 58.4 Å². The molecule has 20 heavy (non-hydrogen) atoms. The minimum atomic E-state index is -0.141. The van der Waals surface area contributed by atoms with Gasteiger partial charge in [-0.15, -0.1) is 0 Å². The van der Waals surface area contributed by atoms with E-state index in [9.17, 15) is 4.79 Å². The molecule has 1 amide bonds. The third kappa shape index (κ3) is 2.40. The number of carbonyl (C=O) groups excluding carboxylic acids is 1. The fourth-order valence-electron chi connectivity index (χ4n) is 3.53. The lowest BCUT2D eigenvalue weighted by atomic mass is 9.88. The van der Waals surface area contributed by atoms with Crippen LogP contribution >= 0.6 is 0 Å². The number of fused-ring (bicyclic) bond motifs is 1. The fraction of sp³-hybridized carbons (Fsp3) is 0.562. The first-order valence-electron chi connectivity index (χ1n) is 7.53. The number of nitrogens with zero attached hydrogens (tertiary/aromatic N) is 1. The van der Waals surface area contributed by atoms with Crippen LogP contribution in [0.4, 0.5) is 5.69 Å². The van der Waals surface area contributed by atoms with Gasteiger partial charge in [-0.25, -0.2) is 0 Å². The van der Waals surface area contributed by atoms with Crippen molar-refractivity contribution in [1.29, 1.82) is 0 Å². The van der Waals surface area contributed by atoms with Gasteiger partial charge in [0.25, 0.3) is 0 Å². The highest BCUT2D eigenvalue weighted by Crippen LogP contribution is 2.35. The largest absolute Gasteiger partial charge is 0.371 e. The van der Waals surface area contributed by atoms with Gasteiger partial charge in [-0.1, -0.05) is 19.1 Å². The summed E-state index contributed by atoms with van der Waals surface area (Å²) in [5, 5.41) is 3.46. The van der Waals surface area contributed by atoms with Crippen molar-refractivity contribution in [2.45, 2.75) is 32.2 Å². The lowest BCUT2D eigenvalue weighted by Gasteiger charge is -2.36. The highest BCUT2D eigenvalue weighted by atomic mass is 16.1. The van der Waals surface area contributed by atoms with E-state index in [4.69, 9.17) is 5.73 Å². The monoisotopic (exact) mass is 273 g/mol. The number of piperidine rings is 1. The minimum Gasteiger partial charge on any atom is -0.371 e. The predicted molar refractivity (Wildman–Crippen MR) is 80.7 cm³/mol. The summed E-state index contributed by atoms with van der Waals surface area (Å²) in [5.74, 6) is 0.464. The van der Waals surface area contributed by atoms with Crippen LogP contribution in [-0.2, 0) is 11.3 Å². The molecule has 1 atom stereocenters. The number of hydrogen-bond acceptors (Lipinski definition) is 3. The van der Waals surface area contributed by atoms with Crippen LogP contribution in [0.5, 0.6) is 0 Å². The Hall–Kier alpha value is -1.55. The first-order chi connectivity index (χ1) is 9.66. The molecular formula is C16H23N3O. The summed E-state index contributed by atoms with van der Waals surface area (Å²) in [5.41, 5.74) is 9.68. The first kappa shape index (κ1) is 13.4. The van der Waals surface area contributed by atoms with Crippen molar-refractivity contribution >= 4 is 11.6 Å². The zero-order chi connectivity index (χ0) is 14.1. The summed E-state index contributed by atoms with van der Waals surface area (Å²) in [6.45, 7) is 6.16. The molecule has 1 saturated heterocycles. The molecule has 2 aliphatic rings. The standard InChI is InChI=1S/C16H23N3O/c1-11-9-18-10-13-3-2-4-14(15(11)13)19-7-5-12(6-8-19)16(17)20/h2-4,11-12,18H,5-10H2,1H3,(H2,17,20). The number of primary amides is 1. The third-order valence-electron chi connectivity index (χ3n) is 4.67. The van der Waals surface area contributed by atoms with Crippen LogP contribution < -0.4 is 16.0 Å². The maximum absolute atomic E-state index is 11.3. The van der Waals surface area contributed by atoms with Crippen LogP contribution in [0.15, 0.2) is 18.2 Å². The van der Waals surface area contributed by atoms with E-state index in [2.05, 4.69) is 35.3 Å². The van der Waals surface area contributed by atoms with Crippen molar-refractivity contribution in [3.05, 3.63) is 29.3 Å². The van der Waals surface area contributed by atoms with Gasteiger partial charge < -0.3 is 16.0 Å². The van der Waals surface area contributed by atoms with Gasteiger partial charge in [-0.2, -0.15) is 0 Å². The summed E-state index contributed by atoms with van der Waals surface area (Å²) < 4.78 is 0. The smallest absolute Gasteiger partial charge is 0.220 e. The molecule has 2 heterocycles. The van der Waals surface area contributed by atoms with Crippen molar-refractivity contribution < 1.29 is 4.79 Å². The van der Waals surface area contributed by atoms with Gasteiger partial charge in [-0.3, -0.25) is 4.79 Å². The van der Waals surface area contributed by atoms with Crippen LogP contribution in [0.25, 0.3) is 0 Å². The summed E-state index contributed by atoms with van der Waals surface area (Å²) in [6, 6.07) is 6.59. The summed E-state index contributed by atoms with van der Waals surface area (Å²) in [4.78, 5) is 13.7. The zero-order valence-corrected chi connectivity index (χ0v) is 12.1. The van der Waals surface area contributed by atoms with Gasteiger partial charge in [0, 0.05) is 37.8 Å². The number of anilines is 1. The number of rotatable bonds is 2. The van der Waals surface area contributed by atoms with Crippen LogP contribution in [0, 0.1) is 5.92 Å². The van der Waals surface area contributed by atoms with Crippen LogP contribution in [0.2, 0.25) is 0 Å². The molecule has 0 radical (unpaired) electrons. The second kappa shape index (κ2) is 5.44. The Morgan fingerprint density at radius 2 is 2.10 bits per heavy atom. The number of nitrogens with two attached hydrogens (primary N) is 1. The number of amides is 1. The van der Waals surface area contributed by atoms with Crippen molar-refractivity contribution in [1.82, 2.24) is 5.32 Å². The maximum atomic E-state index is 11.3. The molecule has 3 rings (SSSR count). The minimum absolute atomic E-state index is 0.0601. The lowest BCUT2D eigenvalue weighted by molar-refractivity contribution is -0.122. The molecular weight excluding hydrogens is 250 g/mol. The van der Waals surface area contributed by atoms with Crippen LogP contribution in [-0.4, -0.2) is 25.5 Å². The molecule has 2 aliphatic heterocycles. The summed E-state index contributed by atoms with van der Waals surface area (Å²) in [7, 11) is 0. The summed E-state index contributed by atoms with van der Waals surface area (Å²) >= 11 is 0. The zero-order valence-electron chi connectivity index (χ0n) is 12.1. The van der Waals surface area contributed by atoms with Crippen molar-refractivity contribution in [2.75, 3.05) is 24.5 Å².